The molecule has 0 bridgehead atoms. The predicted octanol–water partition coefficient (Wildman–Crippen LogP) is 6.91. The first kappa shape index (κ1) is 21.1. The molecular weight excluding hydrogens is 463 g/mol. The van der Waals surface area contributed by atoms with Crippen molar-refractivity contribution in [2.24, 2.45) is 5.10 Å². The van der Waals surface area contributed by atoms with Crippen LogP contribution in [0.3, 0.4) is 0 Å². The van der Waals surface area contributed by atoms with Crippen LogP contribution in [0.1, 0.15) is 26.9 Å². The van der Waals surface area contributed by atoms with Crippen LogP contribution in [0.2, 0.25) is 15.1 Å². The molecule has 30 heavy (non-hydrogen) atoms. The monoisotopic (exact) mass is 476 g/mol. The highest BCUT2D eigenvalue weighted by Crippen LogP contribution is 2.45. The van der Waals surface area contributed by atoms with Gasteiger partial charge in [0.15, 0.2) is 0 Å². The number of thioether (sulfide) groups is 1. The van der Waals surface area contributed by atoms with E-state index >= 15 is 0 Å². The second-order valence-electron chi connectivity index (χ2n) is 6.37. The Kier molecular flexibility index (Phi) is 6.25. The Balaban J connectivity index is 1.81. The van der Waals surface area contributed by atoms with Crippen LogP contribution in [-0.2, 0) is 0 Å². The highest BCUT2D eigenvalue weighted by Gasteiger charge is 2.37. The molecule has 1 aliphatic heterocycles. The number of benzene rings is 3. The van der Waals surface area contributed by atoms with Crippen molar-refractivity contribution < 1.29 is 9.53 Å². The van der Waals surface area contributed by atoms with Crippen molar-refractivity contribution in [1.82, 2.24) is 5.01 Å². The Morgan fingerprint density at radius 3 is 2.30 bits per heavy atom. The van der Waals surface area contributed by atoms with Crippen molar-refractivity contribution in [1.29, 1.82) is 0 Å². The van der Waals surface area contributed by atoms with Gasteiger partial charge in [-0.25, -0.2) is 5.01 Å². The summed E-state index contributed by atoms with van der Waals surface area (Å²) in [5.41, 5.74) is 1.88. The van der Waals surface area contributed by atoms with Gasteiger partial charge in [0.25, 0.3) is 5.91 Å². The Morgan fingerprint density at radius 2 is 1.63 bits per heavy atom. The van der Waals surface area contributed by atoms with E-state index in [1.165, 1.54) is 16.8 Å². The second kappa shape index (κ2) is 8.90. The number of para-hydroxylation sites is 1. The van der Waals surface area contributed by atoms with Crippen molar-refractivity contribution in [2.75, 3.05) is 7.11 Å². The number of carbonyl (C=O) groups is 1. The summed E-state index contributed by atoms with van der Waals surface area (Å²) in [5, 5.41) is 7.42. The van der Waals surface area contributed by atoms with E-state index in [0.29, 0.717) is 15.8 Å². The minimum Gasteiger partial charge on any atom is -0.496 e. The maximum atomic E-state index is 13.5. The van der Waals surface area contributed by atoms with Crippen molar-refractivity contribution >= 4 is 57.5 Å². The van der Waals surface area contributed by atoms with Gasteiger partial charge >= 0.3 is 0 Å². The van der Waals surface area contributed by atoms with Gasteiger partial charge in [-0.2, -0.15) is 5.10 Å². The summed E-state index contributed by atoms with van der Waals surface area (Å²) in [6.07, 6.45) is 0. The van der Waals surface area contributed by atoms with E-state index in [1.54, 1.807) is 37.4 Å². The zero-order valence-corrected chi connectivity index (χ0v) is 18.8. The molecule has 4 rings (SSSR count). The Hall–Kier alpha value is -2.18. The van der Waals surface area contributed by atoms with Crippen molar-refractivity contribution in [2.45, 2.75) is 5.37 Å². The molecule has 0 saturated carbocycles. The highest BCUT2D eigenvalue weighted by molar-refractivity contribution is 8.14. The first-order valence-electron chi connectivity index (χ1n) is 8.91. The maximum absolute atomic E-state index is 13.5. The minimum absolute atomic E-state index is 0.211. The lowest BCUT2D eigenvalue weighted by molar-refractivity contribution is 0.0748. The number of nitrogens with zero attached hydrogens (tertiary/aromatic N) is 2. The zero-order chi connectivity index (χ0) is 21.3. The summed E-state index contributed by atoms with van der Waals surface area (Å²) in [6, 6.07) is 19.8. The Labute approximate surface area is 193 Å². The quantitative estimate of drug-likeness (QED) is 0.410. The van der Waals surface area contributed by atoms with Gasteiger partial charge in [0, 0.05) is 16.1 Å². The molecule has 8 heteroatoms. The molecule has 1 heterocycles. The van der Waals surface area contributed by atoms with E-state index in [1.807, 2.05) is 36.4 Å². The number of methoxy groups -OCH3 is 1. The Bertz CT molecular complexity index is 1120. The number of rotatable bonds is 4. The van der Waals surface area contributed by atoms with Gasteiger partial charge in [-0.15, -0.1) is 0 Å². The van der Waals surface area contributed by atoms with Gasteiger partial charge in [0.05, 0.1) is 22.7 Å². The topological polar surface area (TPSA) is 41.9 Å². The van der Waals surface area contributed by atoms with Crippen LogP contribution in [0.4, 0.5) is 0 Å². The van der Waals surface area contributed by atoms with E-state index < -0.39 is 11.3 Å². The van der Waals surface area contributed by atoms with Gasteiger partial charge in [0.2, 0.25) is 0 Å². The molecule has 0 fully saturated rings. The van der Waals surface area contributed by atoms with Crippen molar-refractivity contribution in [3.8, 4) is 5.75 Å². The predicted molar refractivity (Wildman–Crippen MR) is 124 cm³/mol. The third kappa shape index (κ3) is 4.03. The van der Waals surface area contributed by atoms with Crippen LogP contribution >= 0.6 is 46.6 Å². The molecule has 3 aromatic carbocycles. The molecule has 0 spiro atoms. The van der Waals surface area contributed by atoms with Crippen LogP contribution in [0.25, 0.3) is 0 Å². The fraction of sp³-hybridized carbons (Fsp3) is 0.0909. The molecule has 1 unspecified atom stereocenters. The smallest absolute Gasteiger partial charge is 0.278 e. The molecule has 1 atom stereocenters. The van der Waals surface area contributed by atoms with Gasteiger partial charge in [-0.1, -0.05) is 83.0 Å². The summed E-state index contributed by atoms with van der Waals surface area (Å²) >= 11 is 20.1. The van der Waals surface area contributed by atoms with Crippen LogP contribution in [0, 0.1) is 0 Å². The highest BCUT2D eigenvalue weighted by atomic mass is 35.5. The van der Waals surface area contributed by atoms with Crippen LogP contribution in [0.5, 0.6) is 5.75 Å². The van der Waals surface area contributed by atoms with E-state index in [9.17, 15) is 4.79 Å². The molecule has 0 radical (unpaired) electrons. The molecule has 1 amide bonds. The van der Waals surface area contributed by atoms with Crippen LogP contribution < -0.4 is 4.74 Å². The van der Waals surface area contributed by atoms with Gasteiger partial charge < -0.3 is 4.74 Å². The van der Waals surface area contributed by atoms with Crippen molar-refractivity contribution in [3.63, 3.8) is 0 Å². The van der Waals surface area contributed by atoms with E-state index in [-0.39, 0.29) is 15.6 Å². The van der Waals surface area contributed by atoms with E-state index in [0.717, 1.165) is 11.1 Å². The molecule has 0 saturated heterocycles. The SMILES string of the molecule is COc1ccccc1C1SC(c2ccc(Cl)cc2)=NN1C(=O)c1c(Cl)cccc1Cl. The number of ether oxygens (including phenoxy) is 1. The molecular formula is C22H15Cl3N2O2S. The lowest BCUT2D eigenvalue weighted by Crippen LogP contribution is -2.27. The minimum atomic E-state index is -0.452. The molecule has 0 N–H and O–H groups in total. The summed E-state index contributed by atoms with van der Waals surface area (Å²) in [7, 11) is 1.59. The third-order valence-corrected chi connectivity index (χ3v) is 6.62. The normalized spacial score (nSPS) is 15.8. The lowest BCUT2D eigenvalue weighted by Gasteiger charge is -2.23. The van der Waals surface area contributed by atoms with E-state index in [4.69, 9.17) is 39.5 Å². The third-order valence-electron chi connectivity index (χ3n) is 4.52. The average molecular weight is 478 g/mol. The van der Waals surface area contributed by atoms with Crippen LogP contribution in [-0.4, -0.2) is 23.1 Å². The largest absolute Gasteiger partial charge is 0.496 e. The average Bonchev–Trinajstić information content (AvgIpc) is 3.19. The van der Waals surface area contributed by atoms with Gasteiger partial charge in [0.1, 0.15) is 16.2 Å². The van der Waals surface area contributed by atoms with Crippen molar-refractivity contribution in [3.05, 3.63) is 98.5 Å². The number of halogens is 3. The molecule has 0 aliphatic carbocycles. The molecule has 0 aromatic heterocycles. The molecule has 4 nitrogen and oxygen atoms in total. The maximum Gasteiger partial charge on any atom is 0.278 e. The van der Waals surface area contributed by atoms with E-state index in [2.05, 4.69) is 5.10 Å². The number of hydrazone groups is 1. The number of hydrogen-bond donors (Lipinski definition) is 0. The number of hydrogen-bond acceptors (Lipinski definition) is 4. The first-order chi connectivity index (χ1) is 14.5. The first-order valence-corrected chi connectivity index (χ1v) is 10.9. The second-order valence-corrected chi connectivity index (χ2v) is 8.69. The standard InChI is InChI=1S/C22H15Cl3N2O2S/c1-29-18-8-3-2-5-15(18)22-27(21(28)19-16(24)6-4-7-17(19)25)26-20(30-22)13-9-11-14(23)12-10-13/h2-12,22H,1H3. The summed E-state index contributed by atoms with van der Waals surface area (Å²) in [5.74, 6) is 0.267. The molecule has 3 aromatic rings. The molecule has 1 aliphatic rings. The summed E-state index contributed by atoms with van der Waals surface area (Å²) in [6.45, 7) is 0. The molecule has 152 valence electrons. The number of amides is 1. The Morgan fingerprint density at radius 1 is 0.967 bits per heavy atom. The fourth-order valence-electron chi connectivity index (χ4n) is 3.08. The lowest BCUT2D eigenvalue weighted by atomic mass is 10.1. The fourth-order valence-corrected chi connectivity index (χ4v) is 4.95. The van der Waals surface area contributed by atoms with Crippen LogP contribution in [0.15, 0.2) is 71.8 Å². The van der Waals surface area contributed by atoms with Gasteiger partial charge in [-0.3, -0.25) is 4.79 Å². The summed E-state index contributed by atoms with van der Waals surface area (Å²) in [4.78, 5) is 13.5. The number of carbonyl (C=O) groups excluding carboxylic acids is 1. The zero-order valence-electron chi connectivity index (χ0n) is 15.7. The summed E-state index contributed by atoms with van der Waals surface area (Å²) < 4.78 is 5.52. The van der Waals surface area contributed by atoms with Gasteiger partial charge in [-0.05, 0) is 30.3 Å².